The third-order valence-corrected chi connectivity index (χ3v) is 17.6. The van der Waals surface area contributed by atoms with Crippen molar-refractivity contribution in [2.45, 2.75) is 38.5 Å². The molecule has 0 amide bonds. The Kier molecular flexibility index (Phi) is 6.05. The Morgan fingerprint density at radius 1 is 0.314 bits per heavy atom. The van der Waals surface area contributed by atoms with Crippen LogP contribution in [0, 0.1) is 0 Å². The van der Waals surface area contributed by atoms with Crippen molar-refractivity contribution in [3.05, 3.63) is 192 Å². The van der Waals surface area contributed by atoms with E-state index in [2.05, 4.69) is 200 Å². The molecule has 0 N–H and O–H groups in total. The Bertz CT molecular complexity index is 5120. The van der Waals surface area contributed by atoms with E-state index in [-0.39, 0.29) is 10.8 Å². The van der Waals surface area contributed by atoms with Crippen LogP contribution in [-0.4, -0.2) is 8.80 Å². The molecule has 2 aliphatic rings. The summed E-state index contributed by atoms with van der Waals surface area (Å²) in [7, 11) is 0. The molecule has 2 aliphatic carbocycles. The molecule has 0 spiro atoms. The lowest BCUT2D eigenvalue weighted by Crippen LogP contribution is -2.16. The molecule has 4 heteroatoms. The van der Waals surface area contributed by atoms with Crippen LogP contribution < -0.4 is 0 Å². The van der Waals surface area contributed by atoms with E-state index < -0.39 is 0 Å². The normalized spacial score (nSPS) is 15.1. The van der Waals surface area contributed by atoms with E-state index >= 15 is 0 Å². The minimum Gasteiger partial charge on any atom is -0.456 e. The van der Waals surface area contributed by atoms with E-state index in [1.807, 2.05) is 6.07 Å². The number of para-hydroxylation sites is 4. The highest BCUT2D eigenvalue weighted by Gasteiger charge is 2.41. The third kappa shape index (κ3) is 3.85. The summed E-state index contributed by atoms with van der Waals surface area (Å²) < 4.78 is 18.6. The van der Waals surface area contributed by atoms with Crippen LogP contribution in [0.4, 0.5) is 0 Å². The topological polar surface area (TPSA) is 35.1 Å². The van der Waals surface area contributed by atoms with E-state index in [0.717, 1.165) is 38.7 Å². The summed E-state index contributed by atoms with van der Waals surface area (Å²) in [6, 6.07) is 63.5. The van der Waals surface area contributed by atoms with Crippen LogP contribution in [0.15, 0.2) is 179 Å². The first-order chi connectivity index (χ1) is 34.3. The Morgan fingerprint density at radius 3 is 1.50 bits per heavy atom. The minimum atomic E-state index is -0.277. The van der Waals surface area contributed by atoms with Gasteiger partial charge in [-0.05, 0) is 92.5 Å². The highest BCUT2D eigenvalue weighted by Crippen LogP contribution is 2.59. The van der Waals surface area contributed by atoms with Crippen molar-refractivity contribution >= 4 is 120 Å². The number of hydrogen-bond acceptors (Lipinski definition) is 2. The molecule has 0 radical (unpaired) electrons. The molecule has 4 nitrogen and oxygen atoms in total. The van der Waals surface area contributed by atoms with Gasteiger partial charge in [-0.1, -0.05) is 155 Å². The van der Waals surface area contributed by atoms with Gasteiger partial charge in [-0.15, -0.1) is 0 Å². The number of furan rings is 2. The van der Waals surface area contributed by atoms with Gasteiger partial charge in [-0.2, -0.15) is 0 Å². The zero-order chi connectivity index (χ0) is 45.8. The van der Waals surface area contributed by atoms with Crippen molar-refractivity contribution in [2.75, 3.05) is 0 Å². The quantitative estimate of drug-likeness (QED) is 0.165. The fourth-order valence-corrected chi connectivity index (χ4v) is 14.8. The molecular weight excluding hydrogens is 853 g/mol. The molecule has 6 heterocycles. The fraction of sp³-hybridized carbons (Fsp3) is 0.0909. The molecule has 0 saturated carbocycles. The largest absolute Gasteiger partial charge is 0.456 e. The van der Waals surface area contributed by atoms with Gasteiger partial charge < -0.3 is 17.6 Å². The highest BCUT2D eigenvalue weighted by atomic mass is 16.3. The first kappa shape index (κ1) is 36.4. The van der Waals surface area contributed by atoms with Gasteiger partial charge in [0.25, 0.3) is 0 Å². The minimum absolute atomic E-state index is 0.0592. The first-order valence-electron chi connectivity index (χ1n) is 24.7. The van der Waals surface area contributed by atoms with E-state index in [1.165, 1.54) is 137 Å². The maximum absolute atomic E-state index is 7.15. The lowest BCUT2D eigenvalue weighted by atomic mass is 9.78. The number of hydrogen-bond donors (Lipinski definition) is 0. The summed E-state index contributed by atoms with van der Waals surface area (Å²) in [6.07, 6.45) is 0. The van der Waals surface area contributed by atoms with Crippen LogP contribution in [0.25, 0.3) is 153 Å². The Morgan fingerprint density at radius 2 is 0.786 bits per heavy atom. The SMILES string of the molecule is CC1(C)c2ccccc2-c2c1ccc1c2c2cccc3c4c5c(ccc4n1c23)C(C)(C)c1c(-c2cccc3c2oc2ccc4c(c6cccc7c8c9c(ccc8n4c76)oc4ccccc49)c23)cccc1-5. The molecule has 0 unspecified atom stereocenters. The number of rotatable bonds is 1. The zero-order valence-corrected chi connectivity index (χ0v) is 38.9. The average molecular weight is 893 g/mol. The molecule has 18 rings (SSSR count). The predicted molar refractivity (Wildman–Crippen MR) is 291 cm³/mol. The van der Waals surface area contributed by atoms with Crippen molar-refractivity contribution in [3.8, 4) is 33.4 Å². The van der Waals surface area contributed by atoms with Gasteiger partial charge in [0.2, 0.25) is 0 Å². The van der Waals surface area contributed by atoms with Gasteiger partial charge in [0, 0.05) is 81.0 Å². The van der Waals surface area contributed by atoms with E-state index in [1.54, 1.807) is 0 Å². The predicted octanol–water partition coefficient (Wildman–Crippen LogP) is 18.1. The summed E-state index contributed by atoms with van der Waals surface area (Å²) in [4.78, 5) is 0. The number of aromatic nitrogens is 2. The van der Waals surface area contributed by atoms with Gasteiger partial charge in [0.05, 0.1) is 33.1 Å². The summed E-state index contributed by atoms with van der Waals surface area (Å²) in [5.74, 6) is 0. The first-order valence-corrected chi connectivity index (χ1v) is 24.7. The van der Waals surface area contributed by atoms with Gasteiger partial charge in [0.1, 0.15) is 22.3 Å². The monoisotopic (exact) mass is 892 g/mol. The van der Waals surface area contributed by atoms with E-state index in [4.69, 9.17) is 8.83 Å². The second kappa shape index (κ2) is 11.6. The van der Waals surface area contributed by atoms with Crippen molar-refractivity contribution in [2.24, 2.45) is 0 Å². The van der Waals surface area contributed by atoms with Gasteiger partial charge in [0.15, 0.2) is 0 Å². The van der Waals surface area contributed by atoms with Crippen molar-refractivity contribution in [1.29, 1.82) is 0 Å². The van der Waals surface area contributed by atoms with E-state index in [9.17, 15) is 0 Å². The summed E-state index contributed by atoms with van der Waals surface area (Å²) in [5.41, 5.74) is 24.2. The molecule has 0 aliphatic heterocycles. The van der Waals surface area contributed by atoms with Crippen molar-refractivity contribution < 1.29 is 8.83 Å². The Hall–Kier alpha value is -8.60. The fourth-order valence-electron chi connectivity index (χ4n) is 14.8. The highest BCUT2D eigenvalue weighted by molar-refractivity contribution is 6.36. The van der Waals surface area contributed by atoms with Crippen LogP contribution in [0.1, 0.15) is 49.9 Å². The van der Waals surface area contributed by atoms with Crippen molar-refractivity contribution in [3.63, 3.8) is 0 Å². The van der Waals surface area contributed by atoms with Crippen LogP contribution in [0.2, 0.25) is 0 Å². The third-order valence-electron chi connectivity index (χ3n) is 17.6. The molecule has 0 saturated heterocycles. The van der Waals surface area contributed by atoms with Crippen LogP contribution in [0.3, 0.4) is 0 Å². The van der Waals surface area contributed by atoms with Gasteiger partial charge in [-0.25, -0.2) is 0 Å². The lowest BCUT2D eigenvalue weighted by molar-refractivity contribution is 0.659. The molecule has 326 valence electrons. The summed E-state index contributed by atoms with van der Waals surface area (Å²) >= 11 is 0. The molecule has 6 aromatic heterocycles. The Labute approximate surface area is 399 Å². The standard InChI is InChI=1S/C66H40N2O2/c1-65(2)43-23-7-5-13-35(43)53-44(65)25-27-46-55(53)38-18-11-19-39-56-47(67(46)62(38)39)28-26-45-54(56)37-17-9-15-33(61(37)66(45,3)4)34-16-10-22-42-60-52(70-64(34)42)32-30-49-58(60)41-21-12-20-40-57-48(68(49)63(40)41)29-31-51-59(57)36-14-6-8-24-50(36)69-51/h5-32H,1-4H3. The van der Waals surface area contributed by atoms with Gasteiger partial charge in [-0.3, -0.25) is 0 Å². The Balaban J connectivity index is 0.877. The molecule has 0 bridgehead atoms. The molecule has 10 aromatic carbocycles. The summed E-state index contributed by atoms with van der Waals surface area (Å²) in [5, 5.41) is 15.0. The van der Waals surface area contributed by atoms with Gasteiger partial charge >= 0.3 is 0 Å². The van der Waals surface area contributed by atoms with Crippen LogP contribution >= 0.6 is 0 Å². The summed E-state index contributed by atoms with van der Waals surface area (Å²) in [6.45, 7) is 9.61. The average Bonchev–Trinajstić information content (AvgIpc) is 4.27. The molecule has 70 heavy (non-hydrogen) atoms. The van der Waals surface area contributed by atoms with Crippen molar-refractivity contribution in [1.82, 2.24) is 8.80 Å². The number of fused-ring (bicyclic) bond motifs is 28. The second-order valence-electron chi connectivity index (χ2n) is 21.4. The maximum Gasteiger partial charge on any atom is 0.143 e. The lowest BCUT2D eigenvalue weighted by Gasteiger charge is -2.24. The number of nitrogens with zero attached hydrogens (tertiary/aromatic N) is 2. The molecule has 0 fully saturated rings. The van der Waals surface area contributed by atoms with Crippen LogP contribution in [-0.2, 0) is 10.8 Å². The molecule has 16 aromatic rings. The zero-order valence-electron chi connectivity index (χ0n) is 38.9. The maximum atomic E-state index is 7.15. The van der Waals surface area contributed by atoms with Crippen LogP contribution in [0.5, 0.6) is 0 Å². The molecular formula is C66H40N2O2. The molecule has 0 atom stereocenters. The second-order valence-corrected chi connectivity index (χ2v) is 21.4. The smallest absolute Gasteiger partial charge is 0.143 e. The van der Waals surface area contributed by atoms with E-state index in [0.29, 0.717) is 0 Å². The number of benzene rings is 10.